The molecule has 0 bridgehead atoms. The Bertz CT molecular complexity index is 472. The van der Waals surface area contributed by atoms with E-state index >= 15 is 0 Å². The Morgan fingerprint density at radius 1 is 1.56 bits per heavy atom. The summed E-state index contributed by atoms with van der Waals surface area (Å²) in [6.45, 7) is 6.30. The molecule has 100 valence electrons. The summed E-state index contributed by atoms with van der Waals surface area (Å²) >= 11 is 0. The van der Waals surface area contributed by atoms with Crippen LogP contribution in [0.3, 0.4) is 0 Å². The van der Waals surface area contributed by atoms with Crippen LogP contribution in [0.4, 0.5) is 5.82 Å². The molecule has 5 heteroatoms. The Morgan fingerprint density at radius 3 is 2.78 bits per heavy atom. The van der Waals surface area contributed by atoms with Crippen LogP contribution in [0, 0.1) is 5.92 Å². The Hall–Kier alpha value is -1.36. The van der Waals surface area contributed by atoms with E-state index in [0.29, 0.717) is 18.3 Å². The van der Waals surface area contributed by atoms with E-state index in [9.17, 15) is 9.90 Å². The monoisotopic (exact) mass is 251 g/mol. The molecule has 2 N–H and O–H groups in total. The van der Waals surface area contributed by atoms with Gasteiger partial charge in [0.2, 0.25) is 0 Å². The standard InChI is InChI=1S/C13H21N3O2/c1-13(2,3)16-7-6-14-11(12(16)18)15-8-10(17)9-4-5-9/h6-7,9-10,17H,4-5,8H2,1-3H3,(H,14,15). The smallest absolute Gasteiger partial charge is 0.293 e. The molecule has 0 aliphatic heterocycles. The number of aliphatic hydroxyl groups is 1. The summed E-state index contributed by atoms with van der Waals surface area (Å²) in [7, 11) is 0. The lowest BCUT2D eigenvalue weighted by atomic mass is 10.1. The van der Waals surface area contributed by atoms with Gasteiger partial charge in [-0.2, -0.15) is 0 Å². The van der Waals surface area contributed by atoms with Crippen LogP contribution in [-0.2, 0) is 5.54 Å². The first kappa shape index (κ1) is 13.1. The molecule has 1 aliphatic carbocycles. The lowest BCUT2D eigenvalue weighted by Gasteiger charge is -2.22. The number of nitrogens with one attached hydrogen (secondary N) is 1. The molecular formula is C13H21N3O2. The normalized spacial score (nSPS) is 17.6. The third-order valence-electron chi connectivity index (χ3n) is 3.21. The molecule has 1 saturated carbocycles. The van der Waals surface area contributed by atoms with Crippen LogP contribution >= 0.6 is 0 Å². The van der Waals surface area contributed by atoms with E-state index in [1.165, 1.54) is 0 Å². The fraction of sp³-hybridized carbons (Fsp3) is 0.692. The van der Waals surface area contributed by atoms with Crippen molar-refractivity contribution in [3.63, 3.8) is 0 Å². The summed E-state index contributed by atoms with van der Waals surface area (Å²) < 4.78 is 1.64. The minimum atomic E-state index is -0.380. The molecule has 1 aliphatic rings. The molecule has 1 heterocycles. The fourth-order valence-corrected chi connectivity index (χ4v) is 1.91. The zero-order valence-corrected chi connectivity index (χ0v) is 11.2. The van der Waals surface area contributed by atoms with Gasteiger partial charge in [-0.25, -0.2) is 4.98 Å². The molecule has 0 saturated heterocycles. The molecule has 18 heavy (non-hydrogen) atoms. The molecular weight excluding hydrogens is 230 g/mol. The van der Waals surface area contributed by atoms with Gasteiger partial charge in [-0.3, -0.25) is 4.79 Å². The van der Waals surface area contributed by atoms with E-state index < -0.39 is 0 Å². The minimum absolute atomic E-state index is 0.145. The number of hydrogen-bond acceptors (Lipinski definition) is 4. The van der Waals surface area contributed by atoms with Gasteiger partial charge in [0.1, 0.15) is 0 Å². The van der Waals surface area contributed by atoms with E-state index in [-0.39, 0.29) is 17.2 Å². The van der Waals surface area contributed by atoms with Crippen molar-refractivity contribution in [2.24, 2.45) is 5.92 Å². The van der Waals surface area contributed by atoms with Crippen LogP contribution in [0.15, 0.2) is 17.2 Å². The number of rotatable bonds is 4. The van der Waals surface area contributed by atoms with E-state index in [4.69, 9.17) is 0 Å². The maximum absolute atomic E-state index is 12.2. The second-order valence-corrected chi connectivity index (χ2v) is 5.91. The van der Waals surface area contributed by atoms with Crippen molar-refractivity contribution in [2.75, 3.05) is 11.9 Å². The van der Waals surface area contributed by atoms with Crippen LogP contribution in [0.2, 0.25) is 0 Å². The summed E-state index contributed by atoms with van der Waals surface area (Å²) in [4.78, 5) is 16.2. The lowest BCUT2D eigenvalue weighted by Crippen LogP contribution is -2.36. The highest BCUT2D eigenvalue weighted by Crippen LogP contribution is 2.32. The summed E-state index contributed by atoms with van der Waals surface area (Å²) in [5.74, 6) is 0.707. The van der Waals surface area contributed by atoms with Crippen molar-refractivity contribution < 1.29 is 5.11 Å². The van der Waals surface area contributed by atoms with Gasteiger partial charge in [-0.15, -0.1) is 0 Å². The predicted molar refractivity (Wildman–Crippen MR) is 70.7 cm³/mol. The number of aromatic nitrogens is 2. The third-order valence-corrected chi connectivity index (χ3v) is 3.21. The van der Waals surface area contributed by atoms with Crippen molar-refractivity contribution >= 4 is 5.82 Å². The Labute approximate surface area is 107 Å². The van der Waals surface area contributed by atoms with E-state index in [0.717, 1.165) is 12.8 Å². The summed E-state index contributed by atoms with van der Waals surface area (Å²) in [5, 5.41) is 12.7. The van der Waals surface area contributed by atoms with Gasteiger partial charge in [0.25, 0.3) is 5.56 Å². The first-order valence-corrected chi connectivity index (χ1v) is 6.39. The number of anilines is 1. The van der Waals surface area contributed by atoms with E-state index in [1.54, 1.807) is 17.0 Å². The average molecular weight is 251 g/mol. The molecule has 0 aromatic carbocycles. The van der Waals surface area contributed by atoms with Gasteiger partial charge in [-0.1, -0.05) is 0 Å². The fourth-order valence-electron chi connectivity index (χ4n) is 1.91. The van der Waals surface area contributed by atoms with Crippen LogP contribution in [0.25, 0.3) is 0 Å². The van der Waals surface area contributed by atoms with Gasteiger partial charge in [0, 0.05) is 24.5 Å². The molecule has 0 radical (unpaired) electrons. The summed E-state index contributed by atoms with van der Waals surface area (Å²) in [6.07, 6.45) is 5.08. The predicted octanol–water partition coefficient (Wildman–Crippen LogP) is 1.18. The van der Waals surface area contributed by atoms with Crippen LogP contribution < -0.4 is 10.9 Å². The number of hydrogen-bond donors (Lipinski definition) is 2. The maximum Gasteiger partial charge on any atom is 0.293 e. The second-order valence-electron chi connectivity index (χ2n) is 5.91. The van der Waals surface area contributed by atoms with Crippen LogP contribution in [0.5, 0.6) is 0 Å². The molecule has 0 spiro atoms. The zero-order chi connectivity index (χ0) is 13.3. The molecule has 1 atom stereocenters. The highest BCUT2D eigenvalue weighted by atomic mass is 16.3. The second kappa shape index (κ2) is 4.72. The van der Waals surface area contributed by atoms with E-state index in [1.807, 2.05) is 20.8 Å². The Morgan fingerprint density at radius 2 is 2.22 bits per heavy atom. The first-order valence-electron chi connectivity index (χ1n) is 6.39. The van der Waals surface area contributed by atoms with Gasteiger partial charge < -0.3 is 15.0 Å². The van der Waals surface area contributed by atoms with Crippen molar-refractivity contribution in [1.82, 2.24) is 9.55 Å². The molecule has 0 amide bonds. The highest BCUT2D eigenvalue weighted by Gasteiger charge is 2.29. The highest BCUT2D eigenvalue weighted by molar-refractivity contribution is 5.31. The Kier molecular flexibility index (Phi) is 3.43. The van der Waals surface area contributed by atoms with Gasteiger partial charge in [-0.05, 0) is 39.5 Å². The Balaban J connectivity index is 2.11. The van der Waals surface area contributed by atoms with Crippen molar-refractivity contribution in [2.45, 2.75) is 45.3 Å². The topological polar surface area (TPSA) is 67.2 Å². The largest absolute Gasteiger partial charge is 0.391 e. The van der Waals surface area contributed by atoms with Gasteiger partial charge in [0.15, 0.2) is 5.82 Å². The number of nitrogens with zero attached hydrogens (tertiary/aromatic N) is 2. The molecule has 1 aromatic heterocycles. The van der Waals surface area contributed by atoms with E-state index in [2.05, 4.69) is 10.3 Å². The molecule has 5 nitrogen and oxygen atoms in total. The summed E-state index contributed by atoms with van der Waals surface area (Å²) in [6, 6.07) is 0. The van der Waals surface area contributed by atoms with Crippen molar-refractivity contribution in [3.8, 4) is 0 Å². The van der Waals surface area contributed by atoms with Crippen molar-refractivity contribution in [1.29, 1.82) is 0 Å². The lowest BCUT2D eigenvalue weighted by molar-refractivity contribution is 0.164. The SMILES string of the molecule is CC(C)(C)n1ccnc(NCC(O)C2CC2)c1=O. The molecule has 1 aromatic rings. The third kappa shape index (κ3) is 2.90. The quantitative estimate of drug-likeness (QED) is 0.843. The van der Waals surface area contributed by atoms with Crippen LogP contribution in [0.1, 0.15) is 33.6 Å². The first-order chi connectivity index (χ1) is 8.39. The zero-order valence-electron chi connectivity index (χ0n) is 11.2. The maximum atomic E-state index is 12.2. The van der Waals surface area contributed by atoms with Gasteiger partial charge >= 0.3 is 0 Å². The van der Waals surface area contributed by atoms with Crippen molar-refractivity contribution in [3.05, 3.63) is 22.7 Å². The van der Waals surface area contributed by atoms with Gasteiger partial charge in [0.05, 0.1) is 6.10 Å². The number of aliphatic hydroxyl groups excluding tert-OH is 1. The minimum Gasteiger partial charge on any atom is -0.391 e. The van der Waals surface area contributed by atoms with Crippen LogP contribution in [-0.4, -0.2) is 27.3 Å². The molecule has 2 rings (SSSR count). The summed E-state index contributed by atoms with van der Waals surface area (Å²) in [5.41, 5.74) is -0.418. The molecule has 1 fully saturated rings. The molecule has 1 unspecified atom stereocenters. The average Bonchev–Trinajstić information content (AvgIpc) is 3.09.